The summed E-state index contributed by atoms with van der Waals surface area (Å²) in [5.41, 5.74) is 9.15. The number of aryl methyl sites for hydroxylation is 1. The van der Waals surface area contributed by atoms with Gasteiger partial charge < -0.3 is 29.9 Å². The molecule has 20 heteroatoms. The minimum Gasteiger partial charge on any atom is -0.379 e. The van der Waals surface area contributed by atoms with Gasteiger partial charge in [-0.25, -0.2) is 18.4 Å². The van der Waals surface area contributed by atoms with Gasteiger partial charge in [0.1, 0.15) is 12.1 Å². The standard InChI is InChI=1S/C35H61N10O8PS/c1-10-22(4)30(44(7)34(49)29(21(2)3)41-35-37-16-14-23(5)39-35)27(52-8)19-28(46)45-17-11-13-26(45)31(53-9)24(6)32(47)40-25(20-54)33(48)42-55(50,51)18-12-15-38-43-36/h14,16,21-22,24-27,29-31H,10-13,15,17-20,54H2,1-9H3,(H,40,47)(H,42,48)(H,37,39,41)/t22-,24+,25-,26-,27+,29-,30-,31+/m0/s1. The Bertz CT molecular complexity index is 1600. The Hall–Kier alpha value is -3.63. The minimum atomic E-state index is -4.03. The number of rotatable bonds is 23. The Balaban J connectivity index is 2.22. The number of hydrogen-bond acceptors (Lipinski definition) is 12. The van der Waals surface area contributed by atoms with Crippen LogP contribution in [0.4, 0.5) is 5.95 Å². The van der Waals surface area contributed by atoms with Crippen LogP contribution < -0.4 is 15.4 Å². The van der Waals surface area contributed by atoms with Crippen molar-refractivity contribution in [2.45, 2.75) is 110 Å². The van der Waals surface area contributed by atoms with Crippen molar-refractivity contribution in [2.24, 2.45) is 22.9 Å². The van der Waals surface area contributed by atoms with Crippen LogP contribution in [0.25, 0.3) is 10.4 Å². The van der Waals surface area contributed by atoms with Crippen LogP contribution in [-0.2, 0) is 38.7 Å². The molecule has 4 amide bonds. The van der Waals surface area contributed by atoms with Gasteiger partial charge in [0.15, 0.2) is 0 Å². The van der Waals surface area contributed by atoms with E-state index in [0.29, 0.717) is 25.3 Å². The fourth-order valence-corrected chi connectivity index (χ4v) is 8.27. The zero-order valence-corrected chi connectivity index (χ0v) is 35.6. The fourth-order valence-electron chi connectivity index (χ4n) is 6.88. The summed E-state index contributed by atoms with van der Waals surface area (Å²) in [5.74, 6) is -2.90. The maximum Gasteiger partial charge on any atom is 0.256 e. The Labute approximate surface area is 327 Å². The third-order valence-corrected chi connectivity index (χ3v) is 11.9. The second-order valence-electron chi connectivity index (χ2n) is 14.4. The highest BCUT2D eigenvalue weighted by molar-refractivity contribution is 7.90. The molecule has 1 aliphatic rings. The quantitative estimate of drug-likeness (QED) is 0.0477. The van der Waals surface area contributed by atoms with E-state index < -0.39 is 69.9 Å². The molecule has 1 aromatic heterocycles. The minimum absolute atomic E-state index is 0.0202. The lowest BCUT2D eigenvalue weighted by atomic mass is 9.89. The van der Waals surface area contributed by atoms with Gasteiger partial charge in [-0.05, 0) is 55.8 Å². The smallest absolute Gasteiger partial charge is 0.256 e. The first-order chi connectivity index (χ1) is 26.0. The van der Waals surface area contributed by atoms with Crippen molar-refractivity contribution in [1.29, 1.82) is 0 Å². The molecule has 1 aliphatic heterocycles. The van der Waals surface area contributed by atoms with Gasteiger partial charge in [-0.3, -0.25) is 23.9 Å². The summed E-state index contributed by atoms with van der Waals surface area (Å²) in [6, 6.07) is -0.970. The highest BCUT2D eigenvalue weighted by atomic mass is 32.2. The van der Waals surface area contributed by atoms with Crippen LogP contribution in [0.15, 0.2) is 17.4 Å². The number of ether oxygens (including phenoxy) is 2. The average Bonchev–Trinajstić information content (AvgIpc) is 3.63. The molecule has 0 bridgehead atoms. The Kier molecular flexibility index (Phi) is 19.7. The van der Waals surface area contributed by atoms with Crippen LogP contribution in [0.5, 0.6) is 0 Å². The second kappa shape index (κ2) is 22.8. The molecular formula is C35H61N10O8PS. The van der Waals surface area contributed by atoms with Crippen LogP contribution in [0.1, 0.15) is 72.4 Å². The second-order valence-corrected chi connectivity index (χ2v) is 16.7. The summed E-state index contributed by atoms with van der Waals surface area (Å²) in [6.07, 6.45) is 2.22. The van der Waals surface area contributed by atoms with E-state index >= 15 is 0 Å². The molecule has 0 aliphatic carbocycles. The third-order valence-electron chi connectivity index (χ3n) is 10.1. The number of carbonyl (C=O) groups is 4. The lowest BCUT2D eigenvalue weighted by Crippen LogP contribution is -2.56. The van der Waals surface area contributed by atoms with Gasteiger partial charge in [0, 0.05) is 51.2 Å². The predicted octanol–water partition coefficient (Wildman–Crippen LogP) is 2.65. The number of likely N-dealkylation sites (N-methyl/N-ethyl adjacent to an activating group) is 1. The molecule has 1 saturated heterocycles. The van der Waals surface area contributed by atoms with Gasteiger partial charge in [-0.1, -0.05) is 46.2 Å². The van der Waals surface area contributed by atoms with Crippen molar-refractivity contribution in [1.82, 2.24) is 29.8 Å². The number of azide groups is 1. The first kappa shape index (κ1) is 47.5. The zero-order valence-electron chi connectivity index (χ0n) is 33.6. The molecule has 2 heterocycles. The number of nitrogens with zero attached hydrogens (tertiary/aromatic N) is 7. The highest BCUT2D eigenvalue weighted by Crippen LogP contribution is 2.30. The summed E-state index contributed by atoms with van der Waals surface area (Å²) in [5, 5.41) is 9.12. The van der Waals surface area contributed by atoms with Gasteiger partial charge in [0.05, 0.1) is 42.4 Å². The van der Waals surface area contributed by atoms with Gasteiger partial charge in [0.2, 0.25) is 33.7 Å². The van der Waals surface area contributed by atoms with Crippen molar-refractivity contribution in [3.8, 4) is 0 Å². The van der Waals surface area contributed by atoms with E-state index in [4.69, 9.17) is 15.0 Å². The molecule has 9 atom stereocenters. The number of aromatic nitrogens is 2. The van der Waals surface area contributed by atoms with E-state index in [0.717, 1.165) is 12.1 Å². The largest absolute Gasteiger partial charge is 0.379 e. The molecule has 1 unspecified atom stereocenters. The third kappa shape index (κ3) is 13.8. The number of nitrogens with one attached hydrogen (secondary N) is 3. The van der Waals surface area contributed by atoms with Crippen LogP contribution >= 0.6 is 9.24 Å². The van der Waals surface area contributed by atoms with Crippen LogP contribution in [0.3, 0.4) is 0 Å². The molecule has 310 valence electrons. The van der Waals surface area contributed by atoms with Gasteiger partial charge >= 0.3 is 0 Å². The van der Waals surface area contributed by atoms with E-state index in [9.17, 15) is 27.6 Å². The lowest BCUT2D eigenvalue weighted by molar-refractivity contribution is -0.146. The van der Waals surface area contributed by atoms with E-state index in [2.05, 4.69) is 39.9 Å². The van der Waals surface area contributed by atoms with Crippen LogP contribution in [-0.4, -0.2) is 134 Å². The molecular weight excluding hydrogens is 751 g/mol. The van der Waals surface area contributed by atoms with Crippen LogP contribution in [0, 0.1) is 24.7 Å². The summed E-state index contributed by atoms with van der Waals surface area (Å²) in [4.78, 5) is 69.3. The number of likely N-dealkylation sites (tertiary alicyclic amines) is 1. The summed E-state index contributed by atoms with van der Waals surface area (Å²) >= 11 is 0. The number of carbonyl (C=O) groups excluding carboxylic acids is 4. The van der Waals surface area contributed by atoms with Gasteiger partial charge in [-0.2, -0.15) is 0 Å². The van der Waals surface area contributed by atoms with Crippen molar-refractivity contribution in [3.63, 3.8) is 0 Å². The zero-order chi connectivity index (χ0) is 41.5. The first-order valence-electron chi connectivity index (χ1n) is 18.7. The average molecular weight is 813 g/mol. The molecule has 3 N–H and O–H groups in total. The molecule has 1 aromatic rings. The number of methoxy groups -OCH3 is 2. The van der Waals surface area contributed by atoms with E-state index in [-0.39, 0.29) is 49.2 Å². The molecule has 0 saturated carbocycles. The molecule has 1 fully saturated rings. The van der Waals surface area contributed by atoms with Crippen LogP contribution in [0.2, 0.25) is 0 Å². The van der Waals surface area contributed by atoms with Crippen molar-refractivity contribution < 1.29 is 37.1 Å². The number of anilines is 1. The normalized spacial score (nSPS) is 18.2. The van der Waals surface area contributed by atoms with E-state index in [1.54, 1.807) is 36.0 Å². The summed E-state index contributed by atoms with van der Waals surface area (Å²) in [7, 11) is 3.00. The van der Waals surface area contributed by atoms with Gasteiger partial charge in [0.25, 0.3) is 5.91 Å². The van der Waals surface area contributed by atoms with E-state index in [1.807, 2.05) is 39.3 Å². The van der Waals surface area contributed by atoms with Gasteiger partial charge in [-0.15, -0.1) is 9.24 Å². The first-order valence-corrected chi connectivity index (χ1v) is 21.2. The Morgan fingerprint density at radius 3 is 2.42 bits per heavy atom. The van der Waals surface area contributed by atoms with Crippen molar-refractivity contribution in [2.75, 3.05) is 51.6 Å². The highest BCUT2D eigenvalue weighted by Gasteiger charge is 2.43. The summed E-state index contributed by atoms with van der Waals surface area (Å²) in [6.45, 7) is 11.8. The SMILES string of the molecule is CC[C@H](C)[C@@H]([C@@H](CC(=O)N1CCC[C@H]1[C@H](OC)[C@@H](C)C(=O)N[C@@H](CP)C(=O)NS(=O)(=O)CCCN=[N+]=[N-])OC)N(C)C(=O)[C@@H](Nc1nccc(C)n1)C(C)C. The fraction of sp³-hybridized carbons (Fsp3) is 0.771. The molecule has 2 rings (SSSR count). The summed E-state index contributed by atoms with van der Waals surface area (Å²) < 4.78 is 38.6. The predicted molar refractivity (Wildman–Crippen MR) is 212 cm³/mol. The Morgan fingerprint density at radius 2 is 1.85 bits per heavy atom. The van der Waals surface area contributed by atoms with Crippen molar-refractivity contribution >= 4 is 48.8 Å². The van der Waals surface area contributed by atoms with Crippen molar-refractivity contribution in [3.05, 3.63) is 28.4 Å². The molecule has 18 nitrogen and oxygen atoms in total. The number of amides is 4. The topological polar surface area (TPSA) is 238 Å². The maximum atomic E-state index is 14.1. The number of sulfonamides is 1. The molecule has 0 radical (unpaired) electrons. The molecule has 0 aromatic carbocycles. The maximum absolute atomic E-state index is 14.1. The lowest BCUT2D eigenvalue weighted by Gasteiger charge is -2.40. The Morgan fingerprint density at radius 1 is 1.16 bits per heavy atom. The molecule has 0 spiro atoms. The van der Waals surface area contributed by atoms with E-state index in [1.165, 1.54) is 14.2 Å². The molecule has 55 heavy (non-hydrogen) atoms. The number of hydrogen-bond donors (Lipinski definition) is 3. The monoisotopic (exact) mass is 812 g/mol.